The molecule has 1 N–H and O–H groups in total. The van der Waals surface area contributed by atoms with Crippen LogP contribution in [0, 0.1) is 0 Å². The minimum absolute atomic E-state index is 0.257. The Hall–Kier alpha value is -4.59. The smallest absolute Gasteiger partial charge is 0.326 e. The summed E-state index contributed by atoms with van der Waals surface area (Å²) in [6.45, 7) is 6.90. The van der Waals surface area contributed by atoms with Crippen LogP contribution >= 0.6 is 0 Å². The molecule has 2 amide bonds. The molecule has 0 aliphatic carbocycles. The standard InChI is InChI=1S/C29H28N4O4/c1-4-35-23-15-11-20(12-16-23)26-25(28-31-27(32-37-28)21-9-7-6-8-10-21)19(3)33(29(34)30-26)22-13-17-24(18-14-22)36-5-2/h6-18,26H,4-5H2,1-3H3,(H,30,34). The van der Waals surface area contributed by atoms with Gasteiger partial charge in [0.25, 0.3) is 5.89 Å². The van der Waals surface area contributed by atoms with Gasteiger partial charge in [-0.25, -0.2) is 4.79 Å². The van der Waals surface area contributed by atoms with E-state index in [1.807, 2.05) is 99.6 Å². The van der Waals surface area contributed by atoms with Crippen LogP contribution in [0.4, 0.5) is 10.5 Å². The van der Waals surface area contributed by atoms with Crippen LogP contribution in [0.3, 0.4) is 0 Å². The molecule has 0 saturated carbocycles. The second-order valence-corrected chi connectivity index (χ2v) is 8.44. The van der Waals surface area contributed by atoms with Crippen molar-refractivity contribution in [3.8, 4) is 22.9 Å². The molecule has 0 spiro atoms. The topological polar surface area (TPSA) is 89.7 Å². The van der Waals surface area contributed by atoms with E-state index in [-0.39, 0.29) is 6.03 Å². The fourth-order valence-electron chi connectivity index (χ4n) is 4.40. The molecule has 1 unspecified atom stereocenters. The number of hydrogen-bond acceptors (Lipinski definition) is 6. The summed E-state index contributed by atoms with van der Waals surface area (Å²) in [6.07, 6.45) is 0. The van der Waals surface area contributed by atoms with Crippen molar-refractivity contribution in [2.45, 2.75) is 26.8 Å². The van der Waals surface area contributed by atoms with Gasteiger partial charge in [0.1, 0.15) is 11.5 Å². The number of ether oxygens (including phenoxy) is 2. The maximum atomic E-state index is 13.4. The summed E-state index contributed by atoms with van der Waals surface area (Å²) < 4.78 is 16.9. The first-order valence-corrected chi connectivity index (χ1v) is 12.3. The first-order valence-electron chi connectivity index (χ1n) is 12.3. The molecule has 1 aromatic heterocycles. The zero-order chi connectivity index (χ0) is 25.8. The largest absolute Gasteiger partial charge is 0.494 e. The number of amides is 2. The van der Waals surface area contributed by atoms with Crippen LogP contribution in [-0.2, 0) is 0 Å². The van der Waals surface area contributed by atoms with Crippen molar-refractivity contribution < 1.29 is 18.8 Å². The lowest BCUT2D eigenvalue weighted by Crippen LogP contribution is -2.46. The molecule has 8 heteroatoms. The summed E-state index contributed by atoms with van der Waals surface area (Å²) in [5, 5.41) is 7.35. The number of rotatable bonds is 8. The van der Waals surface area contributed by atoms with Gasteiger partial charge in [-0.1, -0.05) is 47.6 Å². The lowest BCUT2D eigenvalue weighted by molar-refractivity contribution is 0.244. The van der Waals surface area contributed by atoms with Gasteiger partial charge in [-0.2, -0.15) is 4.98 Å². The van der Waals surface area contributed by atoms with E-state index in [2.05, 4.69) is 10.5 Å². The third-order valence-corrected chi connectivity index (χ3v) is 6.10. The van der Waals surface area contributed by atoms with E-state index in [9.17, 15) is 4.79 Å². The van der Waals surface area contributed by atoms with E-state index in [0.717, 1.165) is 22.6 Å². The Bertz CT molecular complexity index is 1400. The highest BCUT2D eigenvalue weighted by Gasteiger charge is 2.36. The highest BCUT2D eigenvalue weighted by molar-refractivity contribution is 6.01. The number of anilines is 1. The molecule has 37 heavy (non-hydrogen) atoms. The Balaban J connectivity index is 1.59. The van der Waals surface area contributed by atoms with Gasteiger partial charge >= 0.3 is 6.03 Å². The fourth-order valence-corrected chi connectivity index (χ4v) is 4.40. The Labute approximate surface area is 215 Å². The third-order valence-electron chi connectivity index (χ3n) is 6.10. The normalized spacial score (nSPS) is 15.5. The Morgan fingerprint density at radius 3 is 2.14 bits per heavy atom. The number of nitrogens with zero attached hydrogens (tertiary/aromatic N) is 3. The van der Waals surface area contributed by atoms with Crippen LogP contribution in [0.1, 0.15) is 38.3 Å². The fraction of sp³-hybridized carbons (Fsp3) is 0.207. The molecule has 1 atom stereocenters. The Kier molecular flexibility index (Phi) is 6.89. The van der Waals surface area contributed by atoms with Gasteiger partial charge in [0, 0.05) is 11.3 Å². The summed E-state index contributed by atoms with van der Waals surface area (Å²) in [7, 11) is 0. The van der Waals surface area contributed by atoms with Crippen molar-refractivity contribution in [1.29, 1.82) is 0 Å². The van der Waals surface area contributed by atoms with E-state index in [1.54, 1.807) is 4.90 Å². The third kappa shape index (κ3) is 4.91. The van der Waals surface area contributed by atoms with Gasteiger partial charge < -0.3 is 19.3 Å². The molecule has 4 aromatic rings. The molecule has 8 nitrogen and oxygen atoms in total. The molecule has 1 aliphatic rings. The van der Waals surface area contributed by atoms with Crippen LogP contribution in [0.15, 0.2) is 89.1 Å². The summed E-state index contributed by atoms with van der Waals surface area (Å²) in [6, 6.07) is 23.9. The van der Waals surface area contributed by atoms with E-state index < -0.39 is 6.04 Å². The van der Waals surface area contributed by atoms with Crippen molar-refractivity contribution in [3.63, 3.8) is 0 Å². The summed E-state index contributed by atoms with van der Waals surface area (Å²) >= 11 is 0. The molecule has 5 rings (SSSR count). The quantitative estimate of drug-likeness (QED) is 0.311. The van der Waals surface area contributed by atoms with Crippen molar-refractivity contribution in [2.75, 3.05) is 18.1 Å². The molecule has 0 fully saturated rings. The van der Waals surface area contributed by atoms with Crippen LogP contribution in [0.5, 0.6) is 11.5 Å². The van der Waals surface area contributed by atoms with Crippen molar-refractivity contribution in [1.82, 2.24) is 15.5 Å². The van der Waals surface area contributed by atoms with E-state index in [0.29, 0.717) is 41.9 Å². The lowest BCUT2D eigenvalue weighted by Gasteiger charge is -2.35. The highest BCUT2D eigenvalue weighted by Crippen LogP contribution is 2.39. The number of allylic oxidation sites excluding steroid dienone is 1. The SMILES string of the molecule is CCOc1ccc(C2NC(=O)N(c3ccc(OCC)cc3)C(C)=C2c2nc(-c3ccccc3)no2)cc1. The molecule has 0 radical (unpaired) electrons. The molecular weight excluding hydrogens is 468 g/mol. The molecule has 2 heterocycles. The predicted molar refractivity (Wildman–Crippen MR) is 141 cm³/mol. The number of carbonyl (C=O) groups excluding carboxylic acids is 1. The second-order valence-electron chi connectivity index (χ2n) is 8.44. The number of hydrogen-bond donors (Lipinski definition) is 1. The molecule has 3 aromatic carbocycles. The average molecular weight is 497 g/mol. The molecule has 1 aliphatic heterocycles. The van der Waals surface area contributed by atoms with E-state index in [1.165, 1.54) is 0 Å². The minimum Gasteiger partial charge on any atom is -0.494 e. The van der Waals surface area contributed by atoms with E-state index in [4.69, 9.17) is 19.0 Å². The number of nitrogens with one attached hydrogen (secondary N) is 1. The van der Waals surface area contributed by atoms with Gasteiger partial charge in [0.15, 0.2) is 0 Å². The van der Waals surface area contributed by atoms with Gasteiger partial charge in [-0.15, -0.1) is 0 Å². The van der Waals surface area contributed by atoms with Crippen LogP contribution < -0.4 is 19.7 Å². The zero-order valence-corrected chi connectivity index (χ0v) is 21.0. The van der Waals surface area contributed by atoms with Gasteiger partial charge in [-0.05, 0) is 62.7 Å². The van der Waals surface area contributed by atoms with Crippen LogP contribution in [0.2, 0.25) is 0 Å². The first kappa shape index (κ1) is 24.1. The number of benzene rings is 3. The molecule has 188 valence electrons. The first-order chi connectivity index (χ1) is 18.1. The number of aromatic nitrogens is 2. The Morgan fingerprint density at radius 2 is 1.51 bits per heavy atom. The monoisotopic (exact) mass is 496 g/mol. The van der Waals surface area contributed by atoms with Gasteiger partial charge in [-0.3, -0.25) is 4.90 Å². The van der Waals surface area contributed by atoms with Gasteiger partial charge in [0.05, 0.1) is 30.5 Å². The van der Waals surface area contributed by atoms with Gasteiger partial charge in [0.2, 0.25) is 5.82 Å². The molecule has 0 bridgehead atoms. The number of urea groups is 1. The Morgan fingerprint density at radius 1 is 0.892 bits per heavy atom. The lowest BCUT2D eigenvalue weighted by atomic mass is 9.94. The van der Waals surface area contributed by atoms with Crippen molar-refractivity contribution >= 4 is 17.3 Å². The van der Waals surface area contributed by atoms with Crippen LogP contribution in [-0.4, -0.2) is 29.4 Å². The maximum absolute atomic E-state index is 13.4. The zero-order valence-electron chi connectivity index (χ0n) is 21.0. The van der Waals surface area contributed by atoms with Crippen molar-refractivity contribution in [2.24, 2.45) is 0 Å². The summed E-state index contributed by atoms with van der Waals surface area (Å²) in [5.74, 6) is 2.31. The minimum atomic E-state index is -0.494. The summed E-state index contributed by atoms with van der Waals surface area (Å²) in [5.41, 5.74) is 3.82. The predicted octanol–water partition coefficient (Wildman–Crippen LogP) is 6.24. The average Bonchev–Trinajstić information content (AvgIpc) is 3.40. The molecule has 0 saturated heterocycles. The van der Waals surface area contributed by atoms with Crippen molar-refractivity contribution in [3.05, 3.63) is 96.0 Å². The van der Waals surface area contributed by atoms with Crippen LogP contribution in [0.25, 0.3) is 17.0 Å². The van der Waals surface area contributed by atoms with E-state index >= 15 is 0 Å². The second kappa shape index (κ2) is 10.6. The highest BCUT2D eigenvalue weighted by atomic mass is 16.5. The summed E-state index contributed by atoms with van der Waals surface area (Å²) in [4.78, 5) is 19.8. The number of carbonyl (C=O) groups is 1. The molecular formula is C29H28N4O4. The maximum Gasteiger partial charge on any atom is 0.326 e.